The quantitative estimate of drug-likeness (QED) is 0.221. The van der Waals surface area contributed by atoms with Gasteiger partial charge in [-0.25, -0.2) is 9.97 Å². The van der Waals surface area contributed by atoms with E-state index in [2.05, 4.69) is 76.4 Å². The Balaban J connectivity index is 1.73. The van der Waals surface area contributed by atoms with E-state index in [9.17, 15) is 0 Å². The lowest BCUT2D eigenvalue weighted by atomic mass is 10.1. The lowest BCUT2D eigenvalue weighted by molar-refractivity contribution is 1.18. The van der Waals surface area contributed by atoms with Gasteiger partial charge in [-0.3, -0.25) is 5.43 Å². The van der Waals surface area contributed by atoms with Crippen LogP contribution in [0.25, 0.3) is 22.3 Å². The molecule has 0 radical (unpaired) electrons. The number of aryl methyl sites for hydroxylation is 1. The predicted octanol–water partition coefficient (Wildman–Crippen LogP) is 6.05. The molecule has 138 valence electrons. The molecule has 28 heavy (non-hydrogen) atoms. The average molecular weight is 478 g/mol. The molecule has 5 heteroatoms. The van der Waals surface area contributed by atoms with Crippen molar-refractivity contribution in [2.24, 2.45) is 5.10 Å². The Kier molecular flexibility index (Phi) is 5.34. The summed E-state index contributed by atoms with van der Waals surface area (Å²) in [5.74, 6) is 1.38. The monoisotopic (exact) mass is 478 g/mol. The van der Waals surface area contributed by atoms with E-state index < -0.39 is 0 Å². The normalized spacial score (nSPS) is 11.6. The fourth-order valence-corrected chi connectivity index (χ4v) is 3.25. The molecule has 0 amide bonds. The molecule has 0 atom stereocenters. The van der Waals surface area contributed by atoms with Gasteiger partial charge >= 0.3 is 0 Å². The summed E-state index contributed by atoms with van der Waals surface area (Å²) >= 11 is 2.30. The number of anilines is 1. The van der Waals surface area contributed by atoms with Gasteiger partial charge in [0.2, 0.25) is 0 Å². The number of rotatable bonds is 4. The Morgan fingerprint density at radius 3 is 2.36 bits per heavy atom. The van der Waals surface area contributed by atoms with Crippen LogP contribution in [-0.2, 0) is 0 Å². The summed E-state index contributed by atoms with van der Waals surface area (Å²) in [5.41, 5.74) is 8.21. The minimum atomic E-state index is 0.684. The van der Waals surface area contributed by atoms with Crippen molar-refractivity contribution in [1.82, 2.24) is 9.97 Å². The molecule has 0 unspecified atom stereocenters. The Bertz CT molecular complexity index is 1150. The minimum absolute atomic E-state index is 0.684. The van der Waals surface area contributed by atoms with Crippen molar-refractivity contribution in [1.29, 1.82) is 0 Å². The van der Waals surface area contributed by atoms with Crippen molar-refractivity contribution in [3.63, 3.8) is 0 Å². The largest absolute Gasteiger partial charge is 0.260 e. The summed E-state index contributed by atoms with van der Waals surface area (Å²) in [5, 5.41) is 5.51. The summed E-state index contributed by atoms with van der Waals surface area (Å²) in [6.45, 7) is 4.06. The SMILES string of the molecule is C/C(=N\Nc1nc(-c2ccc(C)cc2)nc2ccccc12)c1ccc(I)cc1. The van der Waals surface area contributed by atoms with Crippen LogP contribution in [-0.4, -0.2) is 15.7 Å². The Morgan fingerprint density at radius 1 is 0.893 bits per heavy atom. The van der Waals surface area contributed by atoms with Gasteiger partial charge in [0.1, 0.15) is 0 Å². The van der Waals surface area contributed by atoms with Crippen molar-refractivity contribution < 1.29 is 0 Å². The maximum absolute atomic E-state index is 4.75. The number of benzene rings is 3. The van der Waals surface area contributed by atoms with Crippen LogP contribution < -0.4 is 5.43 Å². The third-order valence-electron chi connectivity index (χ3n) is 4.50. The number of hydrogen-bond donors (Lipinski definition) is 1. The van der Waals surface area contributed by atoms with Gasteiger partial charge in [-0.05, 0) is 66.3 Å². The third-order valence-corrected chi connectivity index (χ3v) is 5.22. The molecule has 1 aromatic heterocycles. The second-order valence-corrected chi connectivity index (χ2v) is 7.84. The lowest BCUT2D eigenvalue weighted by Crippen LogP contribution is -2.03. The first-order valence-electron chi connectivity index (χ1n) is 9.00. The Hall–Kier alpha value is -2.80. The lowest BCUT2D eigenvalue weighted by Gasteiger charge is -2.09. The fourth-order valence-electron chi connectivity index (χ4n) is 2.89. The Morgan fingerprint density at radius 2 is 1.61 bits per heavy atom. The van der Waals surface area contributed by atoms with Gasteiger partial charge in [0, 0.05) is 14.5 Å². The molecule has 0 saturated carbocycles. The molecular weight excluding hydrogens is 459 g/mol. The van der Waals surface area contributed by atoms with Crippen LogP contribution >= 0.6 is 22.6 Å². The van der Waals surface area contributed by atoms with Crippen molar-refractivity contribution in [3.8, 4) is 11.4 Å². The van der Waals surface area contributed by atoms with Gasteiger partial charge in [0.25, 0.3) is 0 Å². The molecule has 1 N–H and O–H groups in total. The molecule has 4 nitrogen and oxygen atoms in total. The standard InChI is InChI=1S/C23H19IN4/c1-15-7-9-18(10-8-15)22-25-21-6-4-3-5-20(21)23(26-22)28-27-16(2)17-11-13-19(24)14-12-17/h3-14H,1-2H3,(H,25,26,28)/b27-16+. The molecule has 0 aliphatic carbocycles. The number of para-hydroxylation sites is 1. The van der Waals surface area contributed by atoms with Crippen LogP contribution in [0, 0.1) is 10.5 Å². The smallest absolute Gasteiger partial charge is 0.162 e. The number of nitrogens with zero attached hydrogens (tertiary/aromatic N) is 3. The summed E-state index contributed by atoms with van der Waals surface area (Å²) in [7, 11) is 0. The molecule has 1 heterocycles. The number of fused-ring (bicyclic) bond motifs is 1. The molecule has 0 aliphatic rings. The van der Waals surface area contributed by atoms with E-state index in [1.807, 2.05) is 43.3 Å². The molecule has 4 aromatic rings. The van der Waals surface area contributed by atoms with Crippen LogP contribution in [0.4, 0.5) is 5.82 Å². The molecule has 0 aliphatic heterocycles. The highest BCUT2D eigenvalue weighted by molar-refractivity contribution is 14.1. The van der Waals surface area contributed by atoms with Crippen molar-refractivity contribution >= 4 is 45.0 Å². The van der Waals surface area contributed by atoms with Crippen LogP contribution in [0.2, 0.25) is 0 Å². The highest BCUT2D eigenvalue weighted by Crippen LogP contribution is 2.25. The average Bonchev–Trinajstić information content (AvgIpc) is 2.72. The fraction of sp³-hybridized carbons (Fsp3) is 0.0870. The van der Waals surface area contributed by atoms with Gasteiger partial charge < -0.3 is 0 Å². The van der Waals surface area contributed by atoms with Gasteiger partial charge in [0.05, 0.1) is 11.2 Å². The van der Waals surface area contributed by atoms with Gasteiger partial charge in [-0.2, -0.15) is 5.10 Å². The highest BCUT2D eigenvalue weighted by atomic mass is 127. The first kappa shape index (κ1) is 18.6. The van der Waals surface area contributed by atoms with E-state index >= 15 is 0 Å². The highest BCUT2D eigenvalue weighted by Gasteiger charge is 2.09. The van der Waals surface area contributed by atoms with Gasteiger partial charge in [-0.15, -0.1) is 0 Å². The summed E-state index contributed by atoms with van der Waals surface area (Å²) < 4.78 is 1.20. The zero-order chi connectivity index (χ0) is 19.5. The van der Waals surface area contributed by atoms with E-state index in [1.165, 1.54) is 9.13 Å². The third kappa shape index (κ3) is 4.04. The summed E-state index contributed by atoms with van der Waals surface area (Å²) in [4.78, 5) is 9.48. The maximum atomic E-state index is 4.75. The van der Waals surface area contributed by atoms with Crippen LogP contribution in [0.5, 0.6) is 0 Å². The van der Waals surface area contributed by atoms with Crippen LogP contribution in [0.3, 0.4) is 0 Å². The second-order valence-electron chi connectivity index (χ2n) is 6.59. The zero-order valence-corrected chi connectivity index (χ0v) is 17.8. The van der Waals surface area contributed by atoms with Gasteiger partial charge in [-0.1, -0.05) is 54.1 Å². The first-order chi connectivity index (χ1) is 13.6. The second kappa shape index (κ2) is 8.06. The van der Waals surface area contributed by atoms with Crippen LogP contribution in [0.1, 0.15) is 18.1 Å². The van der Waals surface area contributed by atoms with E-state index in [1.54, 1.807) is 0 Å². The topological polar surface area (TPSA) is 50.2 Å². The predicted molar refractivity (Wildman–Crippen MR) is 125 cm³/mol. The molecule has 0 spiro atoms. The van der Waals surface area contributed by atoms with E-state index in [0.29, 0.717) is 11.6 Å². The maximum Gasteiger partial charge on any atom is 0.162 e. The van der Waals surface area contributed by atoms with Crippen LogP contribution in [0.15, 0.2) is 77.9 Å². The first-order valence-corrected chi connectivity index (χ1v) is 10.1. The molecule has 0 bridgehead atoms. The number of hydrazone groups is 1. The van der Waals surface area contributed by atoms with Crippen molar-refractivity contribution in [2.75, 3.05) is 5.43 Å². The van der Waals surface area contributed by atoms with E-state index in [0.717, 1.165) is 27.7 Å². The van der Waals surface area contributed by atoms with E-state index in [-0.39, 0.29) is 0 Å². The Labute approximate surface area is 177 Å². The minimum Gasteiger partial charge on any atom is -0.260 e. The van der Waals surface area contributed by atoms with E-state index in [4.69, 9.17) is 9.97 Å². The summed E-state index contributed by atoms with van der Waals surface area (Å²) in [6.07, 6.45) is 0. The molecule has 0 saturated heterocycles. The van der Waals surface area contributed by atoms with Gasteiger partial charge in [0.15, 0.2) is 11.6 Å². The number of aromatic nitrogens is 2. The molecule has 0 fully saturated rings. The number of halogens is 1. The molecule has 4 rings (SSSR count). The van der Waals surface area contributed by atoms with Crippen molar-refractivity contribution in [2.45, 2.75) is 13.8 Å². The zero-order valence-electron chi connectivity index (χ0n) is 15.6. The molecule has 3 aromatic carbocycles. The molecular formula is C23H19IN4. The number of nitrogens with one attached hydrogen (secondary N) is 1. The summed E-state index contributed by atoms with van der Waals surface area (Å²) in [6, 6.07) is 24.5. The van der Waals surface area contributed by atoms with Crippen molar-refractivity contribution in [3.05, 3.63) is 87.5 Å². The number of hydrogen-bond acceptors (Lipinski definition) is 4.